The van der Waals surface area contributed by atoms with Crippen LogP contribution in [-0.2, 0) is 14.3 Å². The van der Waals surface area contributed by atoms with Crippen molar-refractivity contribution in [1.29, 1.82) is 0 Å². The zero-order valence-corrected chi connectivity index (χ0v) is 12.4. The first-order valence-corrected chi connectivity index (χ1v) is 6.70. The Morgan fingerprint density at radius 3 is 2.42 bits per heavy atom. The highest BCUT2D eigenvalue weighted by atomic mass is 16.5. The summed E-state index contributed by atoms with van der Waals surface area (Å²) in [6.45, 7) is 7.81. The number of nitrogens with one attached hydrogen (secondary N) is 1. The minimum Gasteiger partial charge on any atom is -0.481 e. The summed E-state index contributed by atoms with van der Waals surface area (Å²) in [7, 11) is 1.60. The fourth-order valence-electron chi connectivity index (χ4n) is 2.79. The van der Waals surface area contributed by atoms with Gasteiger partial charge in [0.1, 0.15) is 0 Å². The number of carbonyl (C=O) groups is 2. The first-order chi connectivity index (χ1) is 8.66. The number of methoxy groups -OCH3 is 1. The molecule has 0 heterocycles. The van der Waals surface area contributed by atoms with E-state index >= 15 is 0 Å². The molecule has 1 fully saturated rings. The van der Waals surface area contributed by atoms with Gasteiger partial charge in [-0.3, -0.25) is 9.59 Å². The Morgan fingerprint density at radius 1 is 1.42 bits per heavy atom. The third-order valence-corrected chi connectivity index (χ3v) is 4.98. The highest BCUT2D eigenvalue weighted by molar-refractivity contribution is 5.83. The second kappa shape index (κ2) is 5.49. The van der Waals surface area contributed by atoms with E-state index in [1.807, 2.05) is 20.8 Å². The minimum atomic E-state index is -0.845. The summed E-state index contributed by atoms with van der Waals surface area (Å²) < 4.78 is 5.09. The molecule has 0 saturated heterocycles. The zero-order valence-electron chi connectivity index (χ0n) is 12.4. The van der Waals surface area contributed by atoms with Crippen LogP contribution < -0.4 is 5.32 Å². The van der Waals surface area contributed by atoms with Crippen LogP contribution in [0.5, 0.6) is 0 Å². The van der Waals surface area contributed by atoms with Crippen LogP contribution in [0.3, 0.4) is 0 Å². The normalized spacial score (nSPS) is 30.9. The molecule has 2 N–H and O–H groups in total. The molecule has 0 spiro atoms. The summed E-state index contributed by atoms with van der Waals surface area (Å²) in [5.74, 6) is -1.16. The van der Waals surface area contributed by atoms with Crippen molar-refractivity contribution in [2.24, 2.45) is 16.7 Å². The Balaban J connectivity index is 2.76. The first kappa shape index (κ1) is 16.0. The molecule has 1 aliphatic carbocycles. The highest BCUT2D eigenvalue weighted by Crippen LogP contribution is 2.56. The van der Waals surface area contributed by atoms with Crippen molar-refractivity contribution in [2.45, 2.75) is 46.6 Å². The molecule has 0 aromatic rings. The van der Waals surface area contributed by atoms with Crippen LogP contribution in [0.15, 0.2) is 0 Å². The van der Waals surface area contributed by atoms with Crippen LogP contribution in [0.25, 0.3) is 0 Å². The molecule has 0 unspecified atom stereocenters. The van der Waals surface area contributed by atoms with Gasteiger partial charge in [-0.1, -0.05) is 13.8 Å². The Kier molecular flexibility index (Phi) is 4.61. The lowest BCUT2D eigenvalue weighted by molar-refractivity contribution is -0.155. The Bertz CT molecular complexity index is 366. The van der Waals surface area contributed by atoms with Gasteiger partial charge >= 0.3 is 5.97 Å². The fourth-order valence-corrected chi connectivity index (χ4v) is 2.79. The van der Waals surface area contributed by atoms with Gasteiger partial charge in [0, 0.05) is 19.6 Å². The van der Waals surface area contributed by atoms with Crippen molar-refractivity contribution in [3.63, 3.8) is 0 Å². The molecule has 0 bridgehead atoms. The quantitative estimate of drug-likeness (QED) is 0.797. The Morgan fingerprint density at radius 2 is 2.00 bits per heavy atom. The van der Waals surface area contributed by atoms with Crippen LogP contribution in [0.1, 0.15) is 40.5 Å². The van der Waals surface area contributed by atoms with Gasteiger partial charge < -0.3 is 15.2 Å². The Hall–Kier alpha value is -1.10. The second-order valence-corrected chi connectivity index (χ2v) is 6.24. The monoisotopic (exact) mass is 271 g/mol. The Labute approximate surface area is 114 Å². The van der Waals surface area contributed by atoms with Crippen molar-refractivity contribution in [1.82, 2.24) is 5.32 Å². The van der Waals surface area contributed by atoms with Gasteiger partial charge in [-0.2, -0.15) is 0 Å². The molecule has 5 heteroatoms. The van der Waals surface area contributed by atoms with E-state index in [0.717, 1.165) is 0 Å². The van der Waals surface area contributed by atoms with Crippen molar-refractivity contribution >= 4 is 11.9 Å². The smallest absolute Gasteiger partial charge is 0.309 e. The molecular formula is C14H25NO4. The summed E-state index contributed by atoms with van der Waals surface area (Å²) in [6, 6.07) is 0. The van der Waals surface area contributed by atoms with Crippen molar-refractivity contribution in [2.75, 3.05) is 13.7 Å². The number of aliphatic carboxylic acids is 1. The molecule has 110 valence electrons. The molecular weight excluding hydrogens is 246 g/mol. The van der Waals surface area contributed by atoms with E-state index in [1.165, 1.54) is 0 Å². The topological polar surface area (TPSA) is 75.6 Å². The van der Waals surface area contributed by atoms with Crippen molar-refractivity contribution < 1.29 is 19.4 Å². The van der Waals surface area contributed by atoms with E-state index in [2.05, 4.69) is 5.32 Å². The van der Waals surface area contributed by atoms with E-state index < -0.39 is 16.8 Å². The fraction of sp³-hybridized carbons (Fsp3) is 0.857. The van der Waals surface area contributed by atoms with Crippen LogP contribution in [0, 0.1) is 16.7 Å². The summed E-state index contributed by atoms with van der Waals surface area (Å²) in [4.78, 5) is 23.7. The van der Waals surface area contributed by atoms with Crippen molar-refractivity contribution in [3.8, 4) is 0 Å². The molecule has 0 aliphatic heterocycles. The van der Waals surface area contributed by atoms with Crippen LogP contribution in [0.4, 0.5) is 0 Å². The number of amides is 1. The molecule has 0 aromatic carbocycles. The minimum absolute atomic E-state index is 0.0423. The standard InChI is InChI=1S/C14H25NO4/c1-9(19-5)8-15-11(16)10-6-7-14(4,12(17)18)13(10,2)3/h9-10H,6-8H2,1-5H3,(H,15,16)(H,17,18)/t9-,10-,14-/m1/s1. The van der Waals surface area contributed by atoms with Crippen LogP contribution in [-0.4, -0.2) is 36.7 Å². The average Bonchev–Trinajstić information content (AvgIpc) is 2.58. The van der Waals surface area contributed by atoms with Crippen LogP contribution in [0.2, 0.25) is 0 Å². The molecule has 19 heavy (non-hydrogen) atoms. The maximum atomic E-state index is 12.2. The third kappa shape index (κ3) is 2.76. The molecule has 5 nitrogen and oxygen atoms in total. The van der Waals surface area contributed by atoms with Gasteiger partial charge in [0.15, 0.2) is 0 Å². The maximum absolute atomic E-state index is 12.2. The number of carbonyl (C=O) groups excluding carboxylic acids is 1. The predicted molar refractivity (Wildman–Crippen MR) is 71.7 cm³/mol. The third-order valence-electron chi connectivity index (χ3n) is 4.98. The number of rotatable bonds is 5. The number of carboxylic acid groups (broad SMARTS) is 1. The highest BCUT2D eigenvalue weighted by Gasteiger charge is 2.58. The molecule has 3 atom stereocenters. The van der Waals surface area contributed by atoms with Gasteiger partial charge in [-0.05, 0) is 32.1 Å². The summed E-state index contributed by atoms with van der Waals surface area (Å²) in [5, 5.41) is 12.3. The first-order valence-electron chi connectivity index (χ1n) is 6.70. The summed E-state index contributed by atoms with van der Waals surface area (Å²) in [5.41, 5.74) is -1.40. The van der Waals surface area contributed by atoms with Crippen LogP contribution >= 0.6 is 0 Å². The average molecular weight is 271 g/mol. The van der Waals surface area contributed by atoms with Gasteiger partial charge in [-0.15, -0.1) is 0 Å². The van der Waals surface area contributed by atoms with Gasteiger partial charge in [0.25, 0.3) is 0 Å². The van der Waals surface area contributed by atoms with E-state index in [1.54, 1.807) is 14.0 Å². The summed E-state index contributed by atoms with van der Waals surface area (Å²) in [6.07, 6.45) is 1.11. The van der Waals surface area contributed by atoms with Gasteiger partial charge in [0.05, 0.1) is 11.5 Å². The number of ether oxygens (including phenoxy) is 1. The second-order valence-electron chi connectivity index (χ2n) is 6.24. The SMILES string of the molecule is CO[C@H](C)CNC(=O)[C@H]1CC[C@](C)(C(=O)O)C1(C)C. The zero-order chi connectivity index (χ0) is 14.8. The van der Waals surface area contributed by atoms with E-state index in [0.29, 0.717) is 19.4 Å². The predicted octanol–water partition coefficient (Wildman–Crippen LogP) is 1.66. The molecule has 1 amide bonds. The van der Waals surface area contributed by atoms with E-state index in [-0.39, 0.29) is 17.9 Å². The largest absolute Gasteiger partial charge is 0.481 e. The molecule has 1 rings (SSSR count). The van der Waals surface area contributed by atoms with Gasteiger partial charge in [-0.25, -0.2) is 0 Å². The number of hydrogen-bond donors (Lipinski definition) is 2. The van der Waals surface area contributed by atoms with Gasteiger partial charge in [0.2, 0.25) is 5.91 Å². The lowest BCUT2D eigenvalue weighted by atomic mass is 9.65. The van der Waals surface area contributed by atoms with Crippen molar-refractivity contribution in [3.05, 3.63) is 0 Å². The number of carboxylic acids is 1. The number of hydrogen-bond acceptors (Lipinski definition) is 3. The molecule has 1 saturated carbocycles. The molecule has 1 aliphatic rings. The molecule has 0 radical (unpaired) electrons. The molecule has 0 aromatic heterocycles. The lowest BCUT2D eigenvalue weighted by Gasteiger charge is -2.37. The lowest BCUT2D eigenvalue weighted by Crippen LogP contribution is -2.46. The maximum Gasteiger partial charge on any atom is 0.309 e. The van der Waals surface area contributed by atoms with E-state index in [9.17, 15) is 14.7 Å². The summed E-state index contributed by atoms with van der Waals surface area (Å²) >= 11 is 0. The van der Waals surface area contributed by atoms with E-state index in [4.69, 9.17) is 4.74 Å².